The van der Waals surface area contributed by atoms with Gasteiger partial charge in [0.2, 0.25) is 0 Å². The molecule has 1 heterocycles. The first-order chi connectivity index (χ1) is 6.70. The molecule has 1 aliphatic rings. The van der Waals surface area contributed by atoms with Gasteiger partial charge in [0.25, 0.3) is 0 Å². The summed E-state index contributed by atoms with van der Waals surface area (Å²) in [4.78, 5) is 0. The van der Waals surface area contributed by atoms with Crippen molar-refractivity contribution >= 4 is 5.69 Å². The van der Waals surface area contributed by atoms with Crippen LogP contribution in [-0.2, 0) is 11.2 Å². The van der Waals surface area contributed by atoms with Crippen molar-refractivity contribution < 1.29 is 9.13 Å². The third-order valence-corrected chi connectivity index (χ3v) is 2.62. The number of rotatable bonds is 2. The molecule has 0 radical (unpaired) electrons. The number of hydrogen-bond donors (Lipinski definition) is 1. The first kappa shape index (κ1) is 9.46. The van der Waals surface area contributed by atoms with E-state index in [-0.39, 0.29) is 6.61 Å². The van der Waals surface area contributed by atoms with Gasteiger partial charge in [0.05, 0.1) is 6.61 Å². The quantitative estimate of drug-likeness (QED) is 0.732. The molecule has 2 rings (SSSR count). The van der Waals surface area contributed by atoms with Crippen LogP contribution in [0.1, 0.15) is 12.0 Å². The second-order valence-corrected chi connectivity index (χ2v) is 3.83. The highest BCUT2D eigenvalue weighted by molar-refractivity contribution is 5.47. The van der Waals surface area contributed by atoms with E-state index in [2.05, 4.69) is 0 Å². The predicted octanol–water partition coefficient (Wildman–Crippen LogP) is 1.94. The van der Waals surface area contributed by atoms with E-state index in [1.807, 2.05) is 18.2 Å². The molecule has 3 heteroatoms. The van der Waals surface area contributed by atoms with Crippen LogP contribution in [0.5, 0.6) is 0 Å². The minimum absolute atomic E-state index is 0.196. The number of hydrogen-bond acceptors (Lipinski definition) is 2. The van der Waals surface area contributed by atoms with Crippen molar-refractivity contribution in [3.05, 3.63) is 29.8 Å². The third-order valence-electron chi connectivity index (χ3n) is 2.62. The fraction of sp³-hybridized carbons (Fsp3) is 0.455. The zero-order chi connectivity index (χ0) is 10.0. The first-order valence-corrected chi connectivity index (χ1v) is 4.80. The van der Waals surface area contributed by atoms with E-state index in [0.29, 0.717) is 25.1 Å². The molecule has 0 bridgehead atoms. The fourth-order valence-electron chi connectivity index (χ4n) is 1.76. The number of nitrogen functional groups attached to an aromatic ring is 1. The average Bonchev–Trinajstić information content (AvgIpc) is 2.57. The van der Waals surface area contributed by atoms with Crippen molar-refractivity contribution in [3.63, 3.8) is 0 Å². The molecule has 0 amide bonds. The Morgan fingerprint density at radius 1 is 1.43 bits per heavy atom. The van der Waals surface area contributed by atoms with Gasteiger partial charge in [0.1, 0.15) is 5.67 Å². The highest BCUT2D eigenvalue weighted by Crippen LogP contribution is 2.29. The lowest BCUT2D eigenvalue weighted by atomic mass is 9.95. The minimum Gasteiger partial charge on any atom is -0.399 e. The number of anilines is 1. The largest absolute Gasteiger partial charge is 0.399 e. The Balaban J connectivity index is 2.14. The topological polar surface area (TPSA) is 35.2 Å². The maximum absolute atomic E-state index is 14.0. The molecule has 2 N–H and O–H groups in total. The van der Waals surface area contributed by atoms with Gasteiger partial charge in [0.15, 0.2) is 0 Å². The van der Waals surface area contributed by atoms with Gasteiger partial charge in [-0.15, -0.1) is 0 Å². The molecule has 1 saturated heterocycles. The van der Waals surface area contributed by atoms with Gasteiger partial charge in [0, 0.05) is 25.1 Å². The van der Waals surface area contributed by atoms with Crippen LogP contribution < -0.4 is 5.73 Å². The van der Waals surface area contributed by atoms with E-state index in [0.717, 1.165) is 5.56 Å². The number of alkyl halides is 1. The Kier molecular flexibility index (Phi) is 2.42. The first-order valence-electron chi connectivity index (χ1n) is 4.80. The summed E-state index contributed by atoms with van der Waals surface area (Å²) in [6, 6.07) is 7.41. The summed E-state index contributed by atoms with van der Waals surface area (Å²) in [7, 11) is 0. The Labute approximate surface area is 82.9 Å². The third kappa shape index (κ3) is 1.87. The highest BCUT2D eigenvalue weighted by Gasteiger charge is 2.35. The van der Waals surface area contributed by atoms with Crippen LogP contribution in [0.4, 0.5) is 10.1 Å². The van der Waals surface area contributed by atoms with Gasteiger partial charge < -0.3 is 10.5 Å². The second kappa shape index (κ2) is 3.58. The summed E-state index contributed by atoms with van der Waals surface area (Å²) >= 11 is 0. The second-order valence-electron chi connectivity index (χ2n) is 3.83. The van der Waals surface area contributed by atoms with E-state index in [4.69, 9.17) is 10.5 Å². The molecular formula is C11H14FNO. The normalized spacial score (nSPS) is 26.6. The fourth-order valence-corrected chi connectivity index (χ4v) is 1.76. The Morgan fingerprint density at radius 3 is 2.86 bits per heavy atom. The van der Waals surface area contributed by atoms with Crippen molar-refractivity contribution in [2.75, 3.05) is 18.9 Å². The summed E-state index contributed by atoms with van der Waals surface area (Å²) < 4.78 is 19.1. The van der Waals surface area contributed by atoms with Crippen molar-refractivity contribution in [2.24, 2.45) is 0 Å². The zero-order valence-electron chi connectivity index (χ0n) is 8.00. The monoisotopic (exact) mass is 195 g/mol. The van der Waals surface area contributed by atoms with Crippen molar-refractivity contribution in [2.45, 2.75) is 18.5 Å². The summed E-state index contributed by atoms with van der Waals surface area (Å²) in [6.45, 7) is 0.713. The Bertz CT molecular complexity index is 321. The molecule has 76 valence electrons. The lowest BCUT2D eigenvalue weighted by molar-refractivity contribution is 0.112. The molecule has 1 fully saturated rings. The van der Waals surface area contributed by atoms with Gasteiger partial charge in [-0.3, -0.25) is 0 Å². The van der Waals surface area contributed by atoms with Crippen LogP contribution in [0.15, 0.2) is 24.3 Å². The lowest BCUT2D eigenvalue weighted by Crippen LogP contribution is -2.26. The number of benzene rings is 1. The van der Waals surface area contributed by atoms with E-state index in [9.17, 15) is 4.39 Å². The van der Waals surface area contributed by atoms with Gasteiger partial charge in [-0.1, -0.05) is 18.2 Å². The number of halogens is 1. The van der Waals surface area contributed by atoms with Crippen LogP contribution in [0.25, 0.3) is 0 Å². The average molecular weight is 195 g/mol. The van der Waals surface area contributed by atoms with Crippen LogP contribution in [0.2, 0.25) is 0 Å². The smallest absolute Gasteiger partial charge is 0.140 e. The zero-order valence-corrected chi connectivity index (χ0v) is 8.00. The van der Waals surface area contributed by atoms with E-state index in [1.165, 1.54) is 0 Å². The van der Waals surface area contributed by atoms with Crippen LogP contribution in [0, 0.1) is 0 Å². The molecule has 0 saturated carbocycles. The number of para-hydroxylation sites is 1. The standard InChI is InChI=1S/C11H14FNO/c12-11(5-6-14-8-11)7-9-3-1-2-4-10(9)13/h1-4H,5-8,13H2. The maximum atomic E-state index is 14.0. The molecule has 0 aliphatic carbocycles. The molecular weight excluding hydrogens is 181 g/mol. The van der Waals surface area contributed by atoms with E-state index < -0.39 is 5.67 Å². The van der Waals surface area contributed by atoms with Crippen molar-refractivity contribution in [1.29, 1.82) is 0 Å². The summed E-state index contributed by atoms with van der Waals surface area (Å²) in [5.74, 6) is 0. The molecule has 0 spiro atoms. The SMILES string of the molecule is Nc1ccccc1CC1(F)CCOC1. The van der Waals surface area contributed by atoms with Gasteiger partial charge in [-0.25, -0.2) is 4.39 Å². The molecule has 1 aromatic rings. The van der Waals surface area contributed by atoms with Gasteiger partial charge >= 0.3 is 0 Å². The van der Waals surface area contributed by atoms with Crippen molar-refractivity contribution in [1.82, 2.24) is 0 Å². The summed E-state index contributed by atoms with van der Waals surface area (Å²) in [6.07, 6.45) is 0.834. The van der Waals surface area contributed by atoms with Gasteiger partial charge in [-0.05, 0) is 11.6 Å². The molecule has 1 aliphatic heterocycles. The summed E-state index contributed by atoms with van der Waals surface area (Å²) in [5, 5.41) is 0. The van der Waals surface area contributed by atoms with E-state index in [1.54, 1.807) is 6.07 Å². The molecule has 1 aromatic carbocycles. The molecule has 1 atom stereocenters. The molecule has 1 unspecified atom stereocenters. The molecule has 2 nitrogen and oxygen atoms in total. The van der Waals surface area contributed by atoms with Crippen LogP contribution in [0.3, 0.4) is 0 Å². The Hall–Kier alpha value is -1.09. The van der Waals surface area contributed by atoms with Crippen LogP contribution in [-0.4, -0.2) is 18.9 Å². The lowest BCUT2D eigenvalue weighted by Gasteiger charge is -2.17. The maximum Gasteiger partial charge on any atom is 0.140 e. The highest BCUT2D eigenvalue weighted by atomic mass is 19.1. The Morgan fingerprint density at radius 2 is 2.21 bits per heavy atom. The molecule has 0 aromatic heterocycles. The molecule has 14 heavy (non-hydrogen) atoms. The number of nitrogens with two attached hydrogens (primary N) is 1. The van der Waals surface area contributed by atoms with Crippen molar-refractivity contribution in [3.8, 4) is 0 Å². The predicted molar refractivity (Wildman–Crippen MR) is 53.8 cm³/mol. The minimum atomic E-state index is -1.21. The van der Waals surface area contributed by atoms with Crippen LogP contribution >= 0.6 is 0 Å². The van der Waals surface area contributed by atoms with E-state index >= 15 is 0 Å². The van der Waals surface area contributed by atoms with Gasteiger partial charge in [-0.2, -0.15) is 0 Å². The number of ether oxygens (including phenoxy) is 1. The summed E-state index contributed by atoms with van der Waals surface area (Å²) in [5.41, 5.74) is 6.08.